The maximum atomic E-state index is 11.7. The molecule has 2 rings (SSSR count). The van der Waals surface area contributed by atoms with Crippen LogP contribution in [-0.4, -0.2) is 43.2 Å². The van der Waals surface area contributed by atoms with E-state index in [4.69, 9.17) is 0 Å². The van der Waals surface area contributed by atoms with Crippen LogP contribution in [0.4, 0.5) is 0 Å². The SMILES string of the molecule is CC(=O)N1CCC[C@H](C(=O)O)[C@@H]1c1nncn1C. The lowest BCUT2D eigenvalue weighted by Gasteiger charge is -2.38. The highest BCUT2D eigenvalue weighted by molar-refractivity contribution is 5.77. The zero-order valence-electron chi connectivity index (χ0n) is 10.4. The first-order chi connectivity index (χ1) is 8.52. The molecule has 0 saturated carbocycles. The molecule has 0 radical (unpaired) electrons. The standard InChI is InChI=1S/C11H16N4O3/c1-7(16)15-5-3-4-8(11(17)18)9(15)10-13-12-6-14(10)2/h6,8-9H,3-5H2,1-2H3,(H,17,18)/t8-,9+/m0/s1. The summed E-state index contributed by atoms with van der Waals surface area (Å²) in [5.74, 6) is -1.12. The van der Waals surface area contributed by atoms with Crippen LogP contribution in [0.25, 0.3) is 0 Å². The van der Waals surface area contributed by atoms with Gasteiger partial charge in [0.2, 0.25) is 5.91 Å². The van der Waals surface area contributed by atoms with Gasteiger partial charge < -0.3 is 14.6 Å². The largest absolute Gasteiger partial charge is 0.481 e. The predicted molar refractivity (Wildman–Crippen MR) is 61.5 cm³/mol. The Kier molecular flexibility index (Phi) is 3.31. The van der Waals surface area contributed by atoms with Crippen molar-refractivity contribution in [2.24, 2.45) is 13.0 Å². The number of aromatic nitrogens is 3. The molecule has 1 aromatic heterocycles. The lowest BCUT2D eigenvalue weighted by molar-refractivity contribution is -0.149. The Balaban J connectivity index is 2.42. The van der Waals surface area contributed by atoms with E-state index in [9.17, 15) is 14.7 Å². The van der Waals surface area contributed by atoms with E-state index >= 15 is 0 Å². The molecular formula is C11H16N4O3. The second-order valence-electron chi connectivity index (χ2n) is 4.54. The topological polar surface area (TPSA) is 88.3 Å². The molecule has 0 unspecified atom stereocenters. The number of likely N-dealkylation sites (tertiary alicyclic amines) is 1. The summed E-state index contributed by atoms with van der Waals surface area (Å²) >= 11 is 0. The number of carbonyl (C=O) groups excluding carboxylic acids is 1. The van der Waals surface area contributed by atoms with E-state index in [2.05, 4.69) is 10.2 Å². The van der Waals surface area contributed by atoms with E-state index in [0.717, 1.165) is 0 Å². The number of rotatable bonds is 2. The van der Waals surface area contributed by atoms with E-state index < -0.39 is 17.9 Å². The molecule has 1 aromatic rings. The first-order valence-electron chi connectivity index (χ1n) is 5.86. The molecule has 2 heterocycles. The minimum atomic E-state index is -0.894. The second-order valence-corrected chi connectivity index (χ2v) is 4.54. The normalized spacial score (nSPS) is 24.0. The molecule has 0 aliphatic carbocycles. The Morgan fingerprint density at radius 2 is 2.22 bits per heavy atom. The van der Waals surface area contributed by atoms with Gasteiger partial charge >= 0.3 is 5.97 Å². The Labute approximate surface area is 104 Å². The van der Waals surface area contributed by atoms with E-state index in [1.807, 2.05) is 0 Å². The molecule has 7 heteroatoms. The molecule has 1 aliphatic rings. The summed E-state index contributed by atoms with van der Waals surface area (Å²) < 4.78 is 1.67. The molecule has 7 nitrogen and oxygen atoms in total. The van der Waals surface area contributed by atoms with Gasteiger partial charge in [-0.25, -0.2) is 0 Å². The molecule has 1 saturated heterocycles. The Morgan fingerprint density at radius 1 is 1.50 bits per heavy atom. The van der Waals surface area contributed by atoms with Crippen molar-refractivity contribution in [2.45, 2.75) is 25.8 Å². The van der Waals surface area contributed by atoms with E-state index in [1.165, 1.54) is 13.3 Å². The lowest BCUT2D eigenvalue weighted by Crippen LogP contribution is -2.45. The van der Waals surface area contributed by atoms with Gasteiger partial charge in [0, 0.05) is 20.5 Å². The summed E-state index contributed by atoms with van der Waals surface area (Å²) in [6, 6.07) is -0.527. The fourth-order valence-corrected chi connectivity index (χ4v) is 2.49. The van der Waals surface area contributed by atoms with Gasteiger partial charge in [0.05, 0.1) is 5.92 Å². The van der Waals surface area contributed by atoms with Crippen molar-refractivity contribution in [3.05, 3.63) is 12.2 Å². The molecule has 2 atom stereocenters. The first-order valence-corrected chi connectivity index (χ1v) is 5.86. The molecule has 98 valence electrons. The van der Waals surface area contributed by atoms with Gasteiger partial charge in [-0.05, 0) is 12.8 Å². The number of carbonyl (C=O) groups is 2. The van der Waals surface area contributed by atoms with Crippen molar-refractivity contribution in [2.75, 3.05) is 6.54 Å². The summed E-state index contributed by atoms with van der Waals surface area (Å²) in [6.07, 6.45) is 2.77. The summed E-state index contributed by atoms with van der Waals surface area (Å²) in [4.78, 5) is 24.6. The van der Waals surface area contributed by atoms with Crippen molar-refractivity contribution in [3.8, 4) is 0 Å². The molecule has 1 aliphatic heterocycles. The number of aryl methyl sites for hydroxylation is 1. The van der Waals surface area contributed by atoms with Crippen LogP contribution in [0.5, 0.6) is 0 Å². The third-order valence-corrected chi connectivity index (χ3v) is 3.36. The Hall–Kier alpha value is -1.92. The van der Waals surface area contributed by atoms with Crippen LogP contribution in [0, 0.1) is 5.92 Å². The highest BCUT2D eigenvalue weighted by Crippen LogP contribution is 2.35. The zero-order valence-corrected chi connectivity index (χ0v) is 10.4. The molecule has 0 aromatic carbocycles. The van der Waals surface area contributed by atoms with Crippen molar-refractivity contribution in [1.82, 2.24) is 19.7 Å². The third kappa shape index (κ3) is 2.07. The van der Waals surface area contributed by atoms with Crippen LogP contribution in [0.3, 0.4) is 0 Å². The van der Waals surface area contributed by atoms with Crippen LogP contribution in [0.2, 0.25) is 0 Å². The molecule has 18 heavy (non-hydrogen) atoms. The van der Waals surface area contributed by atoms with Crippen LogP contribution < -0.4 is 0 Å². The first kappa shape index (κ1) is 12.5. The number of hydrogen-bond acceptors (Lipinski definition) is 4. The van der Waals surface area contributed by atoms with E-state index in [0.29, 0.717) is 25.2 Å². The van der Waals surface area contributed by atoms with Crippen molar-refractivity contribution in [3.63, 3.8) is 0 Å². The molecule has 1 N–H and O–H groups in total. The summed E-state index contributed by atoms with van der Waals surface area (Å²) in [5.41, 5.74) is 0. The van der Waals surface area contributed by atoms with Crippen LogP contribution >= 0.6 is 0 Å². The highest BCUT2D eigenvalue weighted by atomic mass is 16.4. The molecule has 1 amide bonds. The smallest absolute Gasteiger partial charge is 0.309 e. The van der Waals surface area contributed by atoms with Gasteiger partial charge in [-0.1, -0.05) is 0 Å². The summed E-state index contributed by atoms with van der Waals surface area (Å²) in [6.45, 7) is 2.02. The zero-order chi connectivity index (χ0) is 13.3. The number of hydrogen-bond donors (Lipinski definition) is 1. The maximum absolute atomic E-state index is 11.7. The van der Waals surface area contributed by atoms with Gasteiger partial charge in [-0.15, -0.1) is 10.2 Å². The summed E-state index contributed by atoms with van der Waals surface area (Å²) in [7, 11) is 1.75. The quantitative estimate of drug-likeness (QED) is 0.812. The maximum Gasteiger partial charge on any atom is 0.309 e. The fourth-order valence-electron chi connectivity index (χ4n) is 2.49. The van der Waals surface area contributed by atoms with Crippen LogP contribution in [0.1, 0.15) is 31.6 Å². The molecule has 1 fully saturated rings. The monoisotopic (exact) mass is 252 g/mol. The Morgan fingerprint density at radius 3 is 2.72 bits per heavy atom. The molecular weight excluding hydrogens is 236 g/mol. The van der Waals surface area contributed by atoms with E-state index in [-0.39, 0.29) is 5.91 Å². The van der Waals surface area contributed by atoms with Crippen molar-refractivity contribution in [1.29, 1.82) is 0 Å². The number of carboxylic acid groups (broad SMARTS) is 1. The third-order valence-electron chi connectivity index (χ3n) is 3.36. The van der Waals surface area contributed by atoms with Crippen LogP contribution in [-0.2, 0) is 16.6 Å². The fraction of sp³-hybridized carbons (Fsp3) is 0.636. The lowest BCUT2D eigenvalue weighted by atomic mass is 9.88. The van der Waals surface area contributed by atoms with Gasteiger partial charge in [0.1, 0.15) is 12.4 Å². The summed E-state index contributed by atoms with van der Waals surface area (Å²) in [5, 5.41) is 17.0. The molecule has 0 bridgehead atoms. The Bertz CT molecular complexity index is 449. The van der Waals surface area contributed by atoms with Gasteiger partial charge in [0.25, 0.3) is 0 Å². The average Bonchev–Trinajstić information content (AvgIpc) is 2.74. The second kappa shape index (κ2) is 4.75. The van der Waals surface area contributed by atoms with Gasteiger partial charge in [0.15, 0.2) is 5.82 Å². The number of piperidine rings is 1. The number of amides is 1. The average molecular weight is 252 g/mol. The van der Waals surface area contributed by atoms with Crippen molar-refractivity contribution >= 4 is 11.9 Å². The number of carboxylic acids is 1. The van der Waals surface area contributed by atoms with Gasteiger partial charge in [-0.3, -0.25) is 9.59 Å². The van der Waals surface area contributed by atoms with E-state index in [1.54, 1.807) is 16.5 Å². The number of nitrogens with zero attached hydrogens (tertiary/aromatic N) is 4. The minimum Gasteiger partial charge on any atom is -0.481 e. The number of aliphatic carboxylic acids is 1. The van der Waals surface area contributed by atoms with Crippen LogP contribution in [0.15, 0.2) is 6.33 Å². The predicted octanol–water partition coefficient (Wildman–Crippen LogP) is 0.199. The molecule has 0 spiro atoms. The van der Waals surface area contributed by atoms with Gasteiger partial charge in [-0.2, -0.15) is 0 Å². The highest BCUT2D eigenvalue weighted by Gasteiger charge is 2.40. The van der Waals surface area contributed by atoms with Crippen molar-refractivity contribution < 1.29 is 14.7 Å². The minimum absolute atomic E-state index is 0.131.